The lowest BCUT2D eigenvalue weighted by molar-refractivity contribution is 0.0391. The van der Waals surface area contributed by atoms with Gasteiger partial charge < -0.3 is 14.2 Å². The number of unbranched alkanes of at least 4 members (excludes halogenated alkanes) is 1. The molecule has 0 unspecified atom stereocenters. The van der Waals surface area contributed by atoms with Crippen LogP contribution in [0.4, 0.5) is 5.13 Å². The molecular weight excluding hydrogens is 438 g/mol. The van der Waals surface area contributed by atoms with Crippen molar-refractivity contribution < 1.29 is 19.0 Å². The Balaban J connectivity index is 1.59. The molecule has 7 nitrogen and oxygen atoms in total. The smallest absolute Gasteiger partial charge is 0.260 e. The molecule has 8 heteroatoms. The van der Waals surface area contributed by atoms with Crippen molar-refractivity contribution in [2.24, 2.45) is 0 Å². The van der Waals surface area contributed by atoms with Crippen LogP contribution < -0.4 is 14.4 Å². The second-order valence-corrected chi connectivity index (χ2v) is 8.98. The molecule has 3 aromatic rings. The molecule has 2 heterocycles. The Morgan fingerprint density at radius 3 is 2.82 bits per heavy atom. The summed E-state index contributed by atoms with van der Waals surface area (Å²) in [7, 11) is 1.65. The first-order chi connectivity index (χ1) is 16.2. The zero-order valence-electron chi connectivity index (χ0n) is 19.3. The van der Waals surface area contributed by atoms with Gasteiger partial charge in [0.25, 0.3) is 5.91 Å². The van der Waals surface area contributed by atoms with Crippen molar-refractivity contribution in [3.63, 3.8) is 0 Å². The van der Waals surface area contributed by atoms with Crippen LogP contribution in [0.5, 0.6) is 11.5 Å². The molecule has 0 bridgehead atoms. The minimum atomic E-state index is -0.0739. The van der Waals surface area contributed by atoms with E-state index in [4.69, 9.17) is 19.2 Å². The van der Waals surface area contributed by atoms with Gasteiger partial charge in [-0.1, -0.05) is 30.7 Å². The van der Waals surface area contributed by atoms with Gasteiger partial charge in [0.05, 0.1) is 37.1 Å². The number of hydrogen-bond acceptors (Lipinski definition) is 7. The van der Waals surface area contributed by atoms with E-state index in [2.05, 4.69) is 11.8 Å². The Morgan fingerprint density at radius 1 is 1.18 bits per heavy atom. The van der Waals surface area contributed by atoms with Crippen molar-refractivity contribution in [1.82, 2.24) is 9.88 Å². The summed E-state index contributed by atoms with van der Waals surface area (Å²) >= 11 is 1.51. The number of carbonyl (C=O) groups excluding carboxylic acids is 1. The predicted molar refractivity (Wildman–Crippen MR) is 132 cm³/mol. The van der Waals surface area contributed by atoms with Gasteiger partial charge in [-0.25, -0.2) is 4.98 Å². The van der Waals surface area contributed by atoms with E-state index in [1.54, 1.807) is 12.0 Å². The maximum Gasteiger partial charge on any atom is 0.260 e. The fourth-order valence-corrected chi connectivity index (χ4v) is 4.71. The molecule has 1 saturated heterocycles. The minimum Gasteiger partial charge on any atom is -0.497 e. The van der Waals surface area contributed by atoms with E-state index in [9.17, 15) is 4.79 Å². The van der Waals surface area contributed by atoms with E-state index in [0.29, 0.717) is 23.8 Å². The Morgan fingerprint density at radius 2 is 2.03 bits per heavy atom. The van der Waals surface area contributed by atoms with E-state index in [-0.39, 0.29) is 5.91 Å². The Hall–Kier alpha value is -2.68. The van der Waals surface area contributed by atoms with Gasteiger partial charge in [0.2, 0.25) is 0 Å². The van der Waals surface area contributed by atoms with E-state index in [1.165, 1.54) is 11.3 Å². The van der Waals surface area contributed by atoms with Gasteiger partial charge in [0, 0.05) is 31.7 Å². The second kappa shape index (κ2) is 11.4. The molecule has 0 aliphatic carbocycles. The number of carbonyl (C=O) groups is 1. The molecule has 1 fully saturated rings. The quantitative estimate of drug-likeness (QED) is 0.409. The molecule has 2 aromatic carbocycles. The van der Waals surface area contributed by atoms with Crippen LogP contribution >= 0.6 is 11.3 Å². The Labute approximate surface area is 198 Å². The highest BCUT2D eigenvalue weighted by atomic mass is 32.1. The topological polar surface area (TPSA) is 64.1 Å². The molecular formula is C25H31N3O4S. The maximum atomic E-state index is 13.7. The summed E-state index contributed by atoms with van der Waals surface area (Å²) in [6.07, 6.45) is 2.05. The van der Waals surface area contributed by atoms with E-state index >= 15 is 0 Å². The SMILES string of the molecule is CCCCOc1cccc(C(=O)N(CCN2CCOCC2)c2nc3ccc(OC)cc3s2)c1. The molecule has 1 aromatic heterocycles. The predicted octanol–water partition coefficient (Wildman–Crippen LogP) is 4.46. The number of hydrogen-bond donors (Lipinski definition) is 0. The number of aromatic nitrogens is 1. The number of amides is 1. The lowest BCUT2D eigenvalue weighted by Crippen LogP contribution is -2.43. The number of thiazole rings is 1. The third-order valence-electron chi connectivity index (χ3n) is 5.65. The fraction of sp³-hybridized carbons (Fsp3) is 0.440. The lowest BCUT2D eigenvalue weighted by atomic mass is 10.2. The average molecular weight is 470 g/mol. The molecule has 1 aliphatic heterocycles. The molecule has 4 rings (SSSR count). The normalized spacial score (nSPS) is 14.4. The summed E-state index contributed by atoms with van der Waals surface area (Å²) in [6.45, 7) is 7.30. The monoisotopic (exact) mass is 469 g/mol. The summed E-state index contributed by atoms with van der Waals surface area (Å²) in [5.74, 6) is 1.42. The summed E-state index contributed by atoms with van der Waals surface area (Å²) in [5.41, 5.74) is 1.46. The van der Waals surface area contributed by atoms with Crippen molar-refractivity contribution in [1.29, 1.82) is 0 Å². The van der Waals surface area contributed by atoms with Crippen LogP contribution in [0.25, 0.3) is 10.2 Å². The van der Waals surface area contributed by atoms with Gasteiger partial charge in [-0.15, -0.1) is 0 Å². The summed E-state index contributed by atoms with van der Waals surface area (Å²) in [4.78, 5) is 22.6. The molecule has 0 saturated carbocycles. The Kier molecular flexibility index (Phi) is 8.15. The fourth-order valence-electron chi connectivity index (χ4n) is 3.69. The number of benzene rings is 2. The number of morpholine rings is 1. The van der Waals surface area contributed by atoms with Gasteiger partial charge in [-0.2, -0.15) is 0 Å². The highest BCUT2D eigenvalue weighted by Crippen LogP contribution is 2.32. The van der Waals surface area contributed by atoms with Gasteiger partial charge in [-0.3, -0.25) is 14.6 Å². The number of ether oxygens (including phenoxy) is 3. The van der Waals surface area contributed by atoms with Gasteiger partial charge in [0.1, 0.15) is 11.5 Å². The number of methoxy groups -OCH3 is 1. The van der Waals surface area contributed by atoms with Crippen LogP contribution in [-0.2, 0) is 4.74 Å². The van der Waals surface area contributed by atoms with Crippen molar-refractivity contribution >= 4 is 32.6 Å². The first-order valence-corrected chi connectivity index (χ1v) is 12.3. The molecule has 0 radical (unpaired) electrons. The molecule has 33 heavy (non-hydrogen) atoms. The van der Waals surface area contributed by atoms with Gasteiger partial charge >= 0.3 is 0 Å². The van der Waals surface area contributed by atoms with Crippen LogP contribution in [0.3, 0.4) is 0 Å². The Bertz CT molecular complexity index is 1060. The maximum absolute atomic E-state index is 13.7. The van der Waals surface area contributed by atoms with E-state index < -0.39 is 0 Å². The number of nitrogens with zero attached hydrogens (tertiary/aromatic N) is 3. The third-order valence-corrected chi connectivity index (χ3v) is 6.69. The average Bonchev–Trinajstić information content (AvgIpc) is 3.28. The molecule has 0 atom stereocenters. The van der Waals surface area contributed by atoms with Crippen LogP contribution in [0.2, 0.25) is 0 Å². The van der Waals surface area contributed by atoms with Crippen LogP contribution in [0, 0.1) is 0 Å². The molecule has 176 valence electrons. The van der Waals surface area contributed by atoms with Crippen molar-refractivity contribution in [2.75, 3.05) is 58.0 Å². The molecule has 1 aliphatic rings. The van der Waals surface area contributed by atoms with Gasteiger partial charge in [0.15, 0.2) is 5.13 Å². The third kappa shape index (κ3) is 6.01. The number of rotatable bonds is 10. The zero-order chi connectivity index (χ0) is 23.0. The molecule has 1 amide bonds. The summed E-state index contributed by atoms with van der Waals surface area (Å²) in [5, 5.41) is 0.689. The van der Waals surface area contributed by atoms with Crippen LogP contribution in [-0.4, -0.2) is 68.9 Å². The first-order valence-electron chi connectivity index (χ1n) is 11.5. The highest BCUT2D eigenvalue weighted by Gasteiger charge is 2.23. The van der Waals surface area contributed by atoms with E-state index in [0.717, 1.165) is 67.4 Å². The molecule has 0 spiro atoms. The summed E-state index contributed by atoms with van der Waals surface area (Å²) < 4.78 is 17.6. The largest absolute Gasteiger partial charge is 0.497 e. The number of anilines is 1. The zero-order valence-corrected chi connectivity index (χ0v) is 20.1. The first kappa shape index (κ1) is 23.5. The van der Waals surface area contributed by atoms with Crippen LogP contribution in [0.15, 0.2) is 42.5 Å². The van der Waals surface area contributed by atoms with E-state index in [1.807, 2.05) is 42.5 Å². The minimum absolute atomic E-state index is 0.0739. The van der Waals surface area contributed by atoms with Crippen molar-refractivity contribution in [2.45, 2.75) is 19.8 Å². The second-order valence-electron chi connectivity index (χ2n) is 7.97. The van der Waals surface area contributed by atoms with Crippen molar-refractivity contribution in [3.8, 4) is 11.5 Å². The highest BCUT2D eigenvalue weighted by molar-refractivity contribution is 7.22. The summed E-state index contributed by atoms with van der Waals surface area (Å²) in [6, 6.07) is 13.2. The van der Waals surface area contributed by atoms with Gasteiger partial charge in [-0.05, 0) is 42.8 Å². The lowest BCUT2D eigenvalue weighted by Gasteiger charge is -2.29. The van der Waals surface area contributed by atoms with Crippen molar-refractivity contribution in [3.05, 3.63) is 48.0 Å². The number of fused-ring (bicyclic) bond motifs is 1. The standard InChI is InChI=1S/C25H31N3O4S/c1-3-4-14-32-21-7-5-6-19(17-21)24(29)28(11-10-27-12-15-31-16-13-27)25-26-22-9-8-20(30-2)18-23(22)33-25/h5-9,17-18H,3-4,10-16H2,1-2H3. The van der Waals surface area contributed by atoms with Crippen LogP contribution in [0.1, 0.15) is 30.1 Å². The molecule has 0 N–H and O–H groups in total.